The summed E-state index contributed by atoms with van der Waals surface area (Å²) in [7, 11) is -3.63. The molecule has 5 rings (SSSR count). The van der Waals surface area contributed by atoms with E-state index in [1.54, 1.807) is 30.7 Å². The second-order valence-electron chi connectivity index (χ2n) is 8.98. The Morgan fingerprint density at radius 3 is 2.39 bits per heavy atom. The molecule has 2 aromatic carbocycles. The van der Waals surface area contributed by atoms with Gasteiger partial charge in [-0.1, -0.05) is 41.9 Å². The molecule has 0 amide bonds. The number of aromatic nitrogens is 3. The van der Waals surface area contributed by atoms with Crippen molar-refractivity contribution in [2.75, 3.05) is 13.1 Å². The molecule has 0 unspecified atom stereocenters. The van der Waals surface area contributed by atoms with Gasteiger partial charge in [-0.3, -0.25) is 4.57 Å². The average molecular weight is 487 g/mol. The van der Waals surface area contributed by atoms with Crippen LogP contribution in [0, 0.1) is 13.8 Å². The van der Waals surface area contributed by atoms with Gasteiger partial charge in [-0.15, -0.1) is 0 Å². The van der Waals surface area contributed by atoms with Crippen LogP contribution in [0.15, 0.2) is 52.2 Å². The predicted molar refractivity (Wildman–Crippen MR) is 127 cm³/mol. The van der Waals surface area contributed by atoms with Crippen molar-refractivity contribution in [2.24, 2.45) is 0 Å². The van der Waals surface area contributed by atoms with Gasteiger partial charge < -0.3 is 0 Å². The van der Waals surface area contributed by atoms with Crippen LogP contribution in [0.2, 0.25) is 5.02 Å². The Morgan fingerprint density at radius 1 is 1.00 bits per heavy atom. The molecule has 1 aromatic heterocycles. The van der Waals surface area contributed by atoms with Gasteiger partial charge in [-0.2, -0.15) is 9.40 Å². The Kier molecular flexibility index (Phi) is 5.71. The van der Waals surface area contributed by atoms with Crippen molar-refractivity contribution < 1.29 is 8.42 Å². The monoisotopic (exact) mass is 486 g/mol. The van der Waals surface area contributed by atoms with E-state index in [9.17, 15) is 13.2 Å². The molecule has 2 aliphatic rings. The zero-order valence-electron chi connectivity index (χ0n) is 18.7. The van der Waals surface area contributed by atoms with Gasteiger partial charge in [0.05, 0.1) is 17.0 Å². The van der Waals surface area contributed by atoms with E-state index in [1.165, 1.54) is 4.31 Å². The number of rotatable bonds is 4. The van der Waals surface area contributed by atoms with Crippen molar-refractivity contribution in [3.63, 3.8) is 0 Å². The van der Waals surface area contributed by atoms with Gasteiger partial charge in [0.25, 0.3) is 0 Å². The number of hydrogen-bond acceptors (Lipinski definition) is 4. The second kappa shape index (κ2) is 8.42. The lowest BCUT2D eigenvalue weighted by atomic mass is 10.1. The summed E-state index contributed by atoms with van der Waals surface area (Å²) >= 11 is 6.15. The van der Waals surface area contributed by atoms with E-state index in [0.717, 1.165) is 29.8 Å². The van der Waals surface area contributed by atoms with Crippen molar-refractivity contribution in [1.29, 1.82) is 0 Å². The molecule has 0 aliphatic carbocycles. The minimum Gasteiger partial charge on any atom is -0.271 e. The van der Waals surface area contributed by atoms with Crippen LogP contribution in [0.1, 0.15) is 53.9 Å². The molecule has 0 bridgehead atoms. The molecular formula is C24H27ClN4O3S. The summed E-state index contributed by atoms with van der Waals surface area (Å²) in [6.07, 6.45) is 2.75. The number of sulfonamides is 1. The van der Waals surface area contributed by atoms with E-state index in [1.807, 2.05) is 34.9 Å². The molecule has 1 saturated heterocycles. The third kappa shape index (κ3) is 3.84. The molecule has 0 radical (unpaired) electrons. The van der Waals surface area contributed by atoms with Crippen LogP contribution >= 0.6 is 11.6 Å². The number of nitrogens with zero attached hydrogens (tertiary/aromatic N) is 4. The maximum absolute atomic E-state index is 13.3. The van der Waals surface area contributed by atoms with E-state index in [-0.39, 0.29) is 17.8 Å². The van der Waals surface area contributed by atoms with Gasteiger partial charge in [0, 0.05) is 24.5 Å². The van der Waals surface area contributed by atoms with Gasteiger partial charge in [0.2, 0.25) is 10.0 Å². The summed E-state index contributed by atoms with van der Waals surface area (Å²) < 4.78 is 31.5. The SMILES string of the molecule is Cc1cc(S(=O)(=O)N2CCC(n3nc4n(c3=O)[C@H](c3ccccc3)CC4)CC2)c(C)cc1Cl. The van der Waals surface area contributed by atoms with Gasteiger partial charge in [0.1, 0.15) is 5.82 Å². The molecule has 7 nitrogen and oxygen atoms in total. The topological polar surface area (TPSA) is 77.2 Å². The fourth-order valence-corrected chi connectivity index (χ4v) is 7.02. The van der Waals surface area contributed by atoms with E-state index in [4.69, 9.17) is 11.6 Å². The summed E-state index contributed by atoms with van der Waals surface area (Å²) in [6, 6.07) is 13.3. The summed E-state index contributed by atoms with van der Waals surface area (Å²) in [5.41, 5.74) is 2.40. The van der Waals surface area contributed by atoms with Crippen molar-refractivity contribution >= 4 is 21.6 Å². The summed E-state index contributed by atoms with van der Waals surface area (Å²) in [4.78, 5) is 13.6. The van der Waals surface area contributed by atoms with Crippen LogP contribution in [0.25, 0.3) is 0 Å². The van der Waals surface area contributed by atoms with Gasteiger partial charge in [0.15, 0.2) is 0 Å². The number of aryl methyl sites for hydroxylation is 3. The zero-order chi connectivity index (χ0) is 23.3. The lowest BCUT2D eigenvalue weighted by Gasteiger charge is -2.31. The van der Waals surface area contributed by atoms with E-state index in [0.29, 0.717) is 41.4 Å². The number of piperidine rings is 1. The third-order valence-electron chi connectivity index (χ3n) is 6.88. The quantitative estimate of drug-likeness (QED) is 0.560. The Hall–Kier alpha value is -2.42. The van der Waals surface area contributed by atoms with Crippen LogP contribution < -0.4 is 5.69 Å². The minimum absolute atomic E-state index is 0.0130. The molecule has 3 heterocycles. The first-order valence-electron chi connectivity index (χ1n) is 11.3. The Labute approximate surface area is 198 Å². The highest BCUT2D eigenvalue weighted by Gasteiger charge is 2.35. The van der Waals surface area contributed by atoms with E-state index < -0.39 is 10.0 Å². The highest BCUT2D eigenvalue weighted by atomic mass is 35.5. The fraction of sp³-hybridized carbons (Fsp3) is 0.417. The van der Waals surface area contributed by atoms with Crippen LogP contribution in [0.3, 0.4) is 0 Å². The molecule has 0 N–H and O–H groups in total. The van der Waals surface area contributed by atoms with E-state index >= 15 is 0 Å². The largest absolute Gasteiger partial charge is 0.346 e. The Morgan fingerprint density at radius 2 is 1.70 bits per heavy atom. The van der Waals surface area contributed by atoms with Crippen LogP contribution in [0.5, 0.6) is 0 Å². The lowest BCUT2D eigenvalue weighted by molar-refractivity contribution is 0.254. The molecule has 33 heavy (non-hydrogen) atoms. The molecule has 174 valence electrons. The van der Waals surface area contributed by atoms with Gasteiger partial charge in [-0.25, -0.2) is 17.9 Å². The highest BCUT2D eigenvalue weighted by molar-refractivity contribution is 7.89. The van der Waals surface area contributed by atoms with E-state index in [2.05, 4.69) is 5.10 Å². The Bertz CT molecular complexity index is 1360. The molecule has 0 saturated carbocycles. The molecule has 1 atom stereocenters. The van der Waals surface area contributed by atoms with Crippen LogP contribution in [0.4, 0.5) is 0 Å². The van der Waals surface area contributed by atoms with Crippen LogP contribution in [-0.4, -0.2) is 40.2 Å². The fourth-order valence-electron chi connectivity index (χ4n) is 5.04. The smallest absolute Gasteiger partial charge is 0.271 e. The number of benzene rings is 2. The van der Waals surface area contributed by atoms with Crippen molar-refractivity contribution in [1.82, 2.24) is 18.7 Å². The average Bonchev–Trinajstić information content (AvgIpc) is 3.37. The van der Waals surface area contributed by atoms with Gasteiger partial charge >= 0.3 is 5.69 Å². The van der Waals surface area contributed by atoms with Gasteiger partial charge in [-0.05, 0) is 61.9 Å². The first-order chi connectivity index (χ1) is 15.8. The maximum Gasteiger partial charge on any atom is 0.346 e. The predicted octanol–water partition coefficient (Wildman–Crippen LogP) is 3.88. The second-order valence-corrected chi connectivity index (χ2v) is 11.3. The number of halogens is 1. The molecule has 9 heteroatoms. The number of fused-ring (bicyclic) bond motifs is 1. The molecule has 1 fully saturated rings. The number of hydrogen-bond donors (Lipinski definition) is 0. The molecule has 3 aromatic rings. The lowest BCUT2D eigenvalue weighted by Crippen LogP contribution is -2.41. The minimum atomic E-state index is -3.63. The first-order valence-corrected chi connectivity index (χ1v) is 13.1. The van der Waals surface area contributed by atoms with Crippen molar-refractivity contribution in [3.05, 3.63) is 80.5 Å². The molecular weight excluding hydrogens is 460 g/mol. The normalized spacial score (nSPS) is 19.7. The third-order valence-corrected chi connectivity index (χ3v) is 9.33. The highest BCUT2D eigenvalue weighted by Crippen LogP contribution is 2.32. The van der Waals surface area contributed by atoms with Crippen molar-refractivity contribution in [2.45, 2.75) is 56.5 Å². The first kappa shape index (κ1) is 22.4. The standard InChI is InChI=1S/C24H27ClN4O3S/c1-16-15-22(17(2)14-20(16)25)33(31,32)27-12-10-19(11-13-27)29-24(30)28-21(8-9-23(28)26-29)18-6-4-3-5-7-18/h3-7,14-15,19,21H,8-13H2,1-2H3/t21-/m0/s1. The van der Waals surface area contributed by atoms with Crippen LogP contribution in [-0.2, 0) is 16.4 Å². The zero-order valence-corrected chi connectivity index (χ0v) is 20.3. The maximum atomic E-state index is 13.3. The summed E-state index contributed by atoms with van der Waals surface area (Å²) in [6.45, 7) is 4.27. The molecule has 2 aliphatic heterocycles. The van der Waals surface area contributed by atoms with Crippen molar-refractivity contribution in [3.8, 4) is 0 Å². The Balaban J connectivity index is 1.36. The summed E-state index contributed by atoms with van der Waals surface area (Å²) in [5, 5.41) is 5.22. The molecule has 0 spiro atoms. The summed E-state index contributed by atoms with van der Waals surface area (Å²) in [5.74, 6) is 0.816.